The average molecular weight is 380 g/mol. The first kappa shape index (κ1) is 18.7. The summed E-state index contributed by atoms with van der Waals surface area (Å²) in [6, 6.07) is 16.7. The Morgan fingerprint density at radius 3 is 2.41 bits per heavy atom. The first-order chi connectivity index (χ1) is 13.1. The number of amides is 1. The molecule has 6 heteroatoms. The molecule has 3 rings (SSSR count). The monoisotopic (exact) mass is 380 g/mol. The smallest absolute Gasteiger partial charge is 0.225 e. The van der Waals surface area contributed by atoms with E-state index in [1.807, 2.05) is 30.3 Å². The molecule has 138 valence electrons. The van der Waals surface area contributed by atoms with Crippen molar-refractivity contribution < 1.29 is 19.4 Å². The predicted molar refractivity (Wildman–Crippen MR) is 104 cm³/mol. The van der Waals surface area contributed by atoms with Crippen molar-refractivity contribution in [2.24, 2.45) is 0 Å². The van der Waals surface area contributed by atoms with Crippen molar-refractivity contribution in [3.05, 3.63) is 71.1 Å². The number of benzene rings is 2. The number of methoxy groups -OCH3 is 1. The number of carboxylic acid groups (broad SMARTS) is 1. The lowest BCUT2D eigenvalue weighted by Gasteiger charge is -2.10. The van der Waals surface area contributed by atoms with Crippen LogP contribution in [0.1, 0.15) is 22.3 Å². The Labute approximate surface area is 161 Å². The molecule has 3 aromatic rings. The van der Waals surface area contributed by atoms with Crippen LogP contribution < -0.4 is 15.2 Å². The molecule has 2 aromatic carbocycles. The predicted octanol–water partition coefficient (Wildman–Crippen LogP) is 3.36. The number of carbonyl (C=O) groups excluding carboxylic acids is 2. The van der Waals surface area contributed by atoms with E-state index in [0.717, 1.165) is 11.1 Å². The Morgan fingerprint density at radius 2 is 1.78 bits per heavy atom. The fraction of sp³-hybridized carbons (Fsp3) is 0.143. The standard InChI is InChI=1S/C21H19NO4S/c1-26-16-10-8-15(9-11-16)17-13-27-20(19(17)21(24)25)22-18(23)12-7-14-5-3-2-4-6-14/h2-6,8-11,13H,7,12H2,1H3,(H,22,23)(H,24,25)/p-1. The van der Waals surface area contributed by atoms with Gasteiger partial charge >= 0.3 is 0 Å². The van der Waals surface area contributed by atoms with Crippen LogP contribution in [0, 0.1) is 0 Å². The van der Waals surface area contributed by atoms with Crippen molar-refractivity contribution >= 4 is 28.2 Å². The maximum Gasteiger partial charge on any atom is 0.225 e. The first-order valence-corrected chi connectivity index (χ1v) is 9.27. The molecule has 0 fully saturated rings. The van der Waals surface area contributed by atoms with Crippen molar-refractivity contribution in [3.8, 4) is 16.9 Å². The molecule has 1 aromatic heterocycles. The molecule has 0 saturated heterocycles. The number of thiophene rings is 1. The highest BCUT2D eigenvalue weighted by Gasteiger charge is 2.16. The summed E-state index contributed by atoms with van der Waals surface area (Å²) in [5, 5.41) is 16.4. The molecular weight excluding hydrogens is 362 g/mol. The molecule has 27 heavy (non-hydrogen) atoms. The number of hydrogen-bond donors (Lipinski definition) is 1. The van der Waals surface area contributed by atoms with Crippen LogP contribution in [-0.2, 0) is 11.2 Å². The van der Waals surface area contributed by atoms with E-state index >= 15 is 0 Å². The number of ether oxygens (including phenoxy) is 1. The second-order valence-corrected chi connectivity index (χ2v) is 6.78. The minimum absolute atomic E-state index is 0.00164. The number of hydrogen-bond acceptors (Lipinski definition) is 5. The number of rotatable bonds is 7. The number of nitrogens with one attached hydrogen (secondary N) is 1. The Hall–Kier alpha value is -3.12. The summed E-state index contributed by atoms with van der Waals surface area (Å²) in [6.07, 6.45) is 0.857. The van der Waals surface area contributed by atoms with Crippen LogP contribution in [0.4, 0.5) is 5.00 Å². The van der Waals surface area contributed by atoms with Crippen LogP contribution in [0.3, 0.4) is 0 Å². The van der Waals surface area contributed by atoms with Crippen molar-refractivity contribution in [2.45, 2.75) is 12.8 Å². The number of carboxylic acids is 1. The summed E-state index contributed by atoms with van der Waals surface area (Å²) in [5.41, 5.74) is 2.29. The van der Waals surface area contributed by atoms with Crippen LogP contribution in [0.5, 0.6) is 5.75 Å². The summed E-state index contributed by atoms with van der Waals surface area (Å²) >= 11 is 1.18. The zero-order valence-corrected chi connectivity index (χ0v) is 15.5. The van der Waals surface area contributed by atoms with E-state index in [4.69, 9.17) is 4.74 Å². The summed E-state index contributed by atoms with van der Waals surface area (Å²) in [7, 11) is 1.56. The van der Waals surface area contributed by atoms with E-state index < -0.39 is 5.97 Å². The zero-order valence-electron chi connectivity index (χ0n) is 14.7. The highest BCUT2D eigenvalue weighted by atomic mass is 32.1. The molecule has 0 bridgehead atoms. The maximum absolute atomic E-state index is 12.3. The summed E-state index contributed by atoms with van der Waals surface area (Å²) < 4.78 is 5.12. The lowest BCUT2D eigenvalue weighted by Crippen LogP contribution is -2.24. The van der Waals surface area contributed by atoms with E-state index in [1.165, 1.54) is 11.3 Å². The molecule has 0 radical (unpaired) electrons. The van der Waals surface area contributed by atoms with Gasteiger partial charge in [-0.15, -0.1) is 11.3 Å². The van der Waals surface area contributed by atoms with Gasteiger partial charge in [0, 0.05) is 22.9 Å². The van der Waals surface area contributed by atoms with Gasteiger partial charge in [0.05, 0.1) is 13.1 Å². The van der Waals surface area contributed by atoms with Gasteiger partial charge in [0.2, 0.25) is 5.91 Å². The molecule has 0 atom stereocenters. The molecule has 0 spiro atoms. The van der Waals surface area contributed by atoms with E-state index in [2.05, 4.69) is 5.32 Å². The van der Waals surface area contributed by atoms with Gasteiger partial charge < -0.3 is 20.0 Å². The summed E-state index contributed by atoms with van der Waals surface area (Å²) in [5.74, 6) is -0.872. The van der Waals surface area contributed by atoms with E-state index in [-0.39, 0.29) is 17.9 Å². The minimum atomic E-state index is -1.32. The van der Waals surface area contributed by atoms with Crippen LogP contribution in [-0.4, -0.2) is 19.0 Å². The van der Waals surface area contributed by atoms with Gasteiger partial charge in [0.25, 0.3) is 0 Å². The molecule has 0 unspecified atom stereocenters. The average Bonchev–Trinajstić information content (AvgIpc) is 3.11. The van der Waals surface area contributed by atoms with Gasteiger partial charge in [-0.25, -0.2) is 0 Å². The fourth-order valence-electron chi connectivity index (χ4n) is 2.73. The quantitative estimate of drug-likeness (QED) is 0.682. The minimum Gasteiger partial charge on any atom is -0.545 e. The summed E-state index contributed by atoms with van der Waals surface area (Å²) in [4.78, 5) is 23.9. The number of carbonyl (C=O) groups is 2. The molecule has 1 N–H and O–H groups in total. The van der Waals surface area contributed by atoms with E-state index in [0.29, 0.717) is 22.7 Å². The highest BCUT2D eigenvalue weighted by molar-refractivity contribution is 7.15. The summed E-state index contributed by atoms with van der Waals surface area (Å²) in [6.45, 7) is 0. The van der Waals surface area contributed by atoms with Crippen LogP contribution in [0.2, 0.25) is 0 Å². The van der Waals surface area contributed by atoms with Crippen molar-refractivity contribution in [1.29, 1.82) is 0 Å². The van der Waals surface area contributed by atoms with E-state index in [1.54, 1.807) is 36.8 Å². The van der Waals surface area contributed by atoms with Crippen molar-refractivity contribution in [2.75, 3.05) is 12.4 Å². The molecule has 0 aliphatic carbocycles. The van der Waals surface area contributed by atoms with Gasteiger partial charge in [-0.1, -0.05) is 42.5 Å². The second-order valence-electron chi connectivity index (χ2n) is 5.90. The van der Waals surface area contributed by atoms with Gasteiger partial charge in [0.15, 0.2) is 0 Å². The Bertz CT molecular complexity index is 933. The van der Waals surface area contributed by atoms with Crippen LogP contribution in [0.25, 0.3) is 11.1 Å². The SMILES string of the molecule is COc1ccc(-c2csc(NC(=O)CCc3ccccc3)c2C(=O)[O-])cc1. The van der Waals surface area contributed by atoms with E-state index in [9.17, 15) is 14.7 Å². The largest absolute Gasteiger partial charge is 0.545 e. The Balaban J connectivity index is 1.76. The van der Waals surface area contributed by atoms with Crippen molar-refractivity contribution in [1.82, 2.24) is 0 Å². The molecule has 1 amide bonds. The number of aryl methyl sites for hydroxylation is 1. The molecule has 0 aliphatic heterocycles. The molecule has 5 nitrogen and oxygen atoms in total. The van der Waals surface area contributed by atoms with Crippen LogP contribution >= 0.6 is 11.3 Å². The topological polar surface area (TPSA) is 78.5 Å². The fourth-order valence-corrected chi connectivity index (χ4v) is 3.70. The maximum atomic E-state index is 12.3. The third-order valence-electron chi connectivity index (χ3n) is 4.13. The third kappa shape index (κ3) is 4.54. The van der Waals surface area contributed by atoms with Crippen LogP contribution in [0.15, 0.2) is 60.0 Å². The Morgan fingerprint density at radius 1 is 1.07 bits per heavy atom. The van der Waals surface area contributed by atoms with Gasteiger partial charge in [-0.3, -0.25) is 4.79 Å². The zero-order chi connectivity index (χ0) is 19.2. The second kappa shape index (κ2) is 8.51. The molecule has 0 saturated carbocycles. The number of aromatic carboxylic acids is 1. The lowest BCUT2D eigenvalue weighted by molar-refractivity contribution is -0.254. The normalized spacial score (nSPS) is 10.4. The first-order valence-electron chi connectivity index (χ1n) is 8.39. The van der Waals surface area contributed by atoms with Gasteiger partial charge in [-0.05, 0) is 29.7 Å². The lowest BCUT2D eigenvalue weighted by atomic mass is 10.0. The van der Waals surface area contributed by atoms with Crippen molar-refractivity contribution in [3.63, 3.8) is 0 Å². The Kier molecular flexibility index (Phi) is 5.88. The van der Waals surface area contributed by atoms with Gasteiger partial charge in [-0.2, -0.15) is 0 Å². The van der Waals surface area contributed by atoms with Gasteiger partial charge in [0.1, 0.15) is 10.8 Å². The number of anilines is 1. The third-order valence-corrected chi connectivity index (χ3v) is 5.03. The molecule has 0 aliphatic rings. The molecule has 1 heterocycles. The highest BCUT2D eigenvalue weighted by Crippen LogP contribution is 2.36. The molecular formula is C21H18NO4S-.